The molecule has 2 N–H and O–H groups in total. The third-order valence-electron chi connectivity index (χ3n) is 3.87. The molecule has 0 atom stereocenters. The zero-order valence-corrected chi connectivity index (χ0v) is 9.56. The molecule has 2 heteroatoms. The molecule has 0 saturated heterocycles. The van der Waals surface area contributed by atoms with E-state index in [-0.39, 0.29) is 5.41 Å². The van der Waals surface area contributed by atoms with Gasteiger partial charge in [0.25, 0.3) is 0 Å². The van der Waals surface area contributed by atoms with Crippen LogP contribution in [0.4, 0.5) is 0 Å². The molecule has 0 aromatic heterocycles. The molecule has 1 nitrogen and oxygen atoms in total. The largest absolute Gasteiger partial charge is 0.330 e. The van der Waals surface area contributed by atoms with Crippen molar-refractivity contribution in [2.75, 3.05) is 6.54 Å². The Kier molecular flexibility index (Phi) is 2.08. The van der Waals surface area contributed by atoms with E-state index in [1.54, 1.807) is 0 Å². The summed E-state index contributed by atoms with van der Waals surface area (Å²) in [5.41, 5.74) is 8.78. The van der Waals surface area contributed by atoms with E-state index in [4.69, 9.17) is 17.3 Å². The predicted molar refractivity (Wildman–Crippen MR) is 63.4 cm³/mol. The topological polar surface area (TPSA) is 26.0 Å². The minimum atomic E-state index is 0.270. The maximum Gasteiger partial charge on any atom is 0.0443 e. The van der Waals surface area contributed by atoms with Crippen LogP contribution in [0.25, 0.3) is 0 Å². The van der Waals surface area contributed by atoms with E-state index in [0.717, 1.165) is 17.5 Å². The third kappa shape index (κ3) is 1.58. The number of nitrogens with two attached hydrogens (primary N) is 1. The normalized spacial score (nSPS) is 22.8. The molecule has 2 saturated carbocycles. The van der Waals surface area contributed by atoms with Crippen molar-refractivity contribution in [2.24, 2.45) is 5.73 Å². The van der Waals surface area contributed by atoms with E-state index in [9.17, 15) is 0 Å². The molecule has 0 aliphatic heterocycles. The van der Waals surface area contributed by atoms with Crippen LogP contribution in [0.15, 0.2) is 18.2 Å². The lowest BCUT2D eigenvalue weighted by atomic mass is 9.94. The first kappa shape index (κ1) is 9.68. The summed E-state index contributed by atoms with van der Waals surface area (Å²) >= 11 is 6.31. The first-order chi connectivity index (χ1) is 7.25. The van der Waals surface area contributed by atoms with Crippen molar-refractivity contribution >= 4 is 11.6 Å². The Morgan fingerprint density at radius 1 is 1.33 bits per heavy atom. The highest BCUT2D eigenvalue weighted by Gasteiger charge is 2.43. The van der Waals surface area contributed by atoms with Gasteiger partial charge in [0.2, 0.25) is 0 Å². The number of rotatable bonds is 3. The molecule has 1 aromatic carbocycles. The molecule has 2 aliphatic carbocycles. The first-order valence-corrected chi connectivity index (χ1v) is 6.13. The molecule has 0 radical (unpaired) electrons. The van der Waals surface area contributed by atoms with Gasteiger partial charge in [-0.3, -0.25) is 0 Å². The Morgan fingerprint density at radius 3 is 2.53 bits per heavy atom. The summed E-state index contributed by atoms with van der Waals surface area (Å²) in [5.74, 6) is 0.736. The fourth-order valence-electron chi connectivity index (χ4n) is 2.34. The zero-order chi connectivity index (χ0) is 10.5. The molecular weight excluding hydrogens is 206 g/mol. The Morgan fingerprint density at radius 2 is 2.07 bits per heavy atom. The van der Waals surface area contributed by atoms with Gasteiger partial charge in [-0.05, 0) is 48.8 Å². The fraction of sp³-hybridized carbons (Fsp3) is 0.538. The summed E-state index contributed by atoms with van der Waals surface area (Å²) in [6.07, 6.45) is 5.06. The van der Waals surface area contributed by atoms with Crippen LogP contribution in [0, 0.1) is 0 Å². The summed E-state index contributed by atoms with van der Waals surface area (Å²) in [5, 5.41) is 0.953. The van der Waals surface area contributed by atoms with Gasteiger partial charge in [-0.2, -0.15) is 0 Å². The van der Waals surface area contributed by atoms with Gasteiger partial charge in [-0.1, -0.05) is 23.7 Å². The molecule has 1 aromatic rings. The average molecular weight is 222 g/mol. The Balaban J connectivity index is 1.94. The third-order valence-corrected chi connectivity index (χ3v) is 4.20. The van der Waals surface area contributed by atoms with Gasteiger partial charge in [0.15, 0.2) is 0 Å². The highest BCUT2D eigenvalue weighted by atomic mass is 35.5. The molecule has 0 amide bonds. The molecular formula is C13H16ClN. The maximum atomic E-state index is 6.31. The Bertz CT molecular complexity index is 392. The fourth-order valence-corrected chi connectivity index (χ4v) is 2.68. The summed E-state index contributed by atoms with van der Waals surface area (Å²) in [6, 6.07) is 6.60. The lowest BCUT2D eigenvalue weighted by molar-refractivity contribution is 0.704. The van der Waals surface area contributed by atoms with E-state index < -0.39 is 0 Å². The molecule has 0 bridgehead atoms. The van der Waals surface area contributed by atoms with Gasteiger partial charge in [-0.25, -0.2) is 0 Å². The van der Waals surface area contributed by atoms with Crippen molar-refractivity contribution in [3.63, 3.8) is 0 Å². The van der Waals surface area contributed by atoms with Crippen LogP contribution < -0.4 is 5.73 Å². The predicted octanol–water partition coefficient (Wildman–Crippen LogP) is 3.21. The number of hydrogen-bond donors (Lipinski definition) is 1. The molecule has 0 spiro atoms. The van der Waals surface area contributed by atoms with E-state index in [1.165, 1.54) is 36.8 Å². The van der Waals surface area contributed by atoms with Gasteiger partial charge in [-0.15, -0.1) is 0 Å². The first-order valence-electron chi connectivity index (χ1n) is 5.75. The monoisotopic (exact) mass is 221 g/mol. The Hall–Kier alpha value is -0.530. The summed E-state index contributed by atoms with van der Waals surface area (Å²) < 4.78 is 0. The van der Waals surface area contributed by atoms with Crippen molar-refractivity contribution in [1.29, 1.82) is 0 Å². The Labute approximate surface area is 95.6 Å². The van der Waals surface area contributed by atoms with Crippen LogP contribution >= 0.6 is 11.6 Å². The van der Waals surface area contributed by atoms with Crippen molar-refractivity contribution in [2.45, 2.75) is 37.0 Å². The molecule has 0 heterocycles. The number of hydrogen-bond acceptors (Lipinski definition) is 1. The molecule has 15 heavy (non-hydrogen) atoms. The standard InChI is InChI=1S/C13H16ClN/c14-12-7-10(13(8-15)5-6-13)3-4-11(12)9-1-2-9/h3-4,7,9H,1-2,5-6,8,15H2. The van der Waals surface area contributed by atoms with Gasteiger partial charge in [0.1, 0.15) is 0 Å². The molecule has 2 aliphatic rings. The number of benzene rings is 1. The lowest BCUT2D eigenvalue weighted by Gasteiger charge is -2.14. The van der Waals surface area contributed by atoms with E-state index in [2.05, 4.69) is 18.2 Å². The van der Waals surface area contributed by atoms with Crippen LogP contribution in [-0.2, 0) is 5.41 Å². The van der Waals surface area contributed by atoms with Gasteiger partial charge in [0, 0.05) is 17.0 Å². The highest BCUT2D eigenvalue weighted by Crippen LogP contribution is 2.49. The molecule has 3 rings (SSSR count). The van der Waals surface area contributed by atoms with Gasteiger partial charge >= 0.3 is 0 Å². The van der Waals surface area contributed by atoms with Crippen molar-refractivity contribution in [3.05, 3.63) is 34.3 Å². The SMILES string of the molecule is NCC1(c2ccc(C3CC3)c(Cl)c2)CC1. The second kappa shape index (κ2) is 3.23. The smallest absolute Gasteiger partial charge is 0.0443 e. The van der Waals surface area contributed by atoms with Gasteiger partial charge < -0.3 is 5.73 Å². The van der Waals surface area contributed by atoms with E-state index >= 15 is 0 Å². The molecule has 2 fully saturated rings. The zero-order valence-electron chi connectivity index (χ0n) is 8.80. The maximum absolute atomic E-state index is 6.31. The summed E-state index contributed by atoms with van der Waals surface area (Å²) in [6.45, 7) is 0.756. The van der Waals surface area contributed by atoms with Crippen molar-refractivity contribution in [3.8, 4) is 0 Å². The van der Waals surface area contributed by atoms with E-state index in [1.807, 2.05) is 0 Å². The van der Waals surface area contributed by atoms with Crippen LogP contribution in [0.5, 0.6) is 0 Å². The van der Waals surface area contributed by atoms with E-state index in [0.29, 0.717) is 0 Å². The van der Waals surface area contributed by atoms with Crippen LogP contribution in [0.1, 0.15) is 42.7 Å². The molecule has 80 valence electrons. The van der Waals surface area contributed by atoms with Crippen molar-refractivity contribution in [1.82, 2.24) is 0 Å². The highest BCUT2D eigenvalue weighted by molar-refractivity contribution is 6.31. The van der Waals surface area contributed by atoms with Crippen molar-refractivity contribution < 1.29 is 0 Å². The average Bonchev–Trinajstić information content (AvgIpc) is 3.13. The second-order valence-electron chi connectivity index (χ2n) is 5.00. The number of halogens is 1. The minimum absolute atomic E-state index is 0.270. The summed E-state index contributed by atoms with van der Waals surface area (Å²) in [4.78, 5) is 0. The quantitative estimate of drug-likeness (QED) is 0.834. The minimum Gasteiger partial charge on any atom is -0.330 e. The molecule has 0 unspecified atom stereocenters. The van der Waals surface area contributed by atoms with Crippen LogP contribution in [0.3, 0.4) is 0 Å². The van der Waals surface area contributed by atoms with Gasteiger partial charge in [0.05, 0.1) is 0 Å². The summed E-state index contributed by atoms with van der Waals surface area (Å²) in [7, 11) is 0. The lowest BCUT2D eigenvalue weighted by Crippen LogP contribution is -2.19. The van der Waals surface area contributed by atoms with Crippen LogP contribution in [0.2, 0.25) is 5.02 Å². The van der Waals surface area contributed by atoms with Crippen LogP contribution in [-0.4, -0.2) is 6.54 Å². The second-order valence-corrected chi connectivity index (χ2v) is 5.40.